The van der Waals surface area contributed by atoms with E-state index in [1.165, 1.54) is 24.8 Å². The van der Waals surface area contributed by atoms with Gasteiger partial charge in [-0.3, -0.25) is 9.69 Å². The molecule has 2 N–H and O–H groups in total. The Balaban J connectivity index is 1.44. The Morgan fingerprint density at radius 2 is 1.72 bits per heavy atom. The van der Waals surface area contributed by atoms with Gasteiger partial charge >= 0.3 is 0 Å². The van der Waals surface area contributed by atoms with Crippen molar-refractivity contribution in [1.29, 1.82) is 0 Å². The predicted molar refractivity (Wildman–Crippen MR) is 101 cm³/mol. The largest absolute Gasteiger partial charge is 0.366 e. The number of carbonyl (C=O) groups is 1. The second kappa shape index (κ2) is 8.50. The van der Waals surface area contributed by atoms with E-state index in [2.05, 4.69) is 47.1 Å². The summed E-state index contributed by atoms with van der Waals surface area (Å²) in [7, 11) is 0. The van der Waals surface area contributed by atoms with Crippen LogP contribution in [0, 0.1) is 17.8 Å². The van der Waals surface area contributed by atoms with E-state index in [0.717, 1.165) is 31.1 Å². The smallest absolute Gasteiger partial charge is 0.248 e. The number of primary amides is 1. The zero-order valence-electron chi connectivity index (χ0n) is 14.4. The minimum atomic E-state index is -0.405. The van der Waals surface area contributed by atoms with E-state index in [-0.39, 0.29) is 0 Å². The molecule has 0 saturated carbocycles. The van der Waals surface area contributed by atoms with E-state index in [9.17, 15) is 4.79 Å². The van der Waals surface area contributed by atoms with Crippen LogP contribution in [-0.2, 0) is 6.42 Å². The molecular weight excluding hydrogens is 308 g/mol. The molecule has 0 atom stereocenters. The Bertz CT molecular complexity index is 748. The average molecular weight is 332 g/mol. The first-order valence-electron chi connectivity index (χ1n) is 8.86. The highest BCUT2D eigenvalue weighted by atomic mass is 16.1. The van der Waals surface area contributed by atoms with E-state index in [1.807, 2.05) is 12.1 Å². The Morgan fingerprint density at radius 3 is 2.36 bits per heavy atom. The summed E-state index contributed by atoms with van der Waals surface area (Å²) >= 11 is 0. The third kappa shape index (κ3) is 5.20. The van der Waals surface area contributed by atoms with Crippen molar-refractivity contribution in [3.8, 4) is 11.8 Å². The van der Waals surface area contributed by atoms with Gasteiger partial charge < -0.3 is 5.73 Å². The third-order valence-electron chi connectivity index (χ3n) is 4.78. The first-order valence-corrected chi connectivity index (χ1v) is 8.86. The van der Waals surface area contributed by atoms with Crippen LogP contribution in [0.5, 0.6) is 0 Å². The number of nitrogens with zero attached hydrogens (tertiary/aromatic N) is 1. The van der Waals surface area contributed by atoms with E-state index < -0.39 is 5.91 Å². The van der Waals surface area contributed by atoms with Crippen LogP contribution in [0.3, 0.4) is 0 Å². The first-order chi connectivity index (χ1) is 12.2. The second-order valence-electron chi connectivity index (χ2n) is 6.65. The molecular formula is C22H24N2O. The van der Waals surface area contributed by atoms with Crippen LogP contribution in [0.15, 0.2) is 54.6 Å². The van der Waals surface area contributed by atoms with Crippen LogP contribution in [-0.4, -0.2) is 30.4 Å². The Labute approximate surface area is 149 Å². The van der Waals surface area contributed by atoms with Gasteiger partial charge in [0.05, 0.1) is 6.54 Å². The summed E-state index contributed by atoms with van der Waals surface area (Å²) in [6, 6.07) is 17.9. The molecule has 3 rings (SSSR count). The van der Waals surface area contributed by atoms with E-state index >= 15 is 0 Å². The lowest BCUT2D eigenvalue weighted by atomic mass is 9.90. The van der Waals surface area contributed by atoms with Gasteiger partial charge in [-0.05, 0) is 68.1 Å². The third-order valence-corrected chi connectivity index (χ3v) is 4.78. The van der Waals surface area contributed by atoms with Gasteiger partial charge in [0.15, 0.2) is 0 Å². The number of benzene rings is 2. The summed E-state index contributed by atoms with van der Waals surface area (Å²) in [5.41, 5.74) is 8.12. The standard InChI is InChI=1S/C22H24N2O/c23-22(25)21-10-8-18(9-11-21)7-4-14-24-15-12-20(13-16-24)17-19-5-2-1-3-6-19/h1-3,5-6,8-11,20H,12-17H2,(H2,23,25). The lowest BCUT2D eigenvalue weighted by molar-refractivity contribution is 0.100. The number of carbonyl (C=O) groups excluding carboxylic acids is 1. The Hall–Kier alpha value is -2.57. The fraction of sp³-hybridized carbons (Fsp3) is 0.318. The van der Waals surface area contributed by atoms with Gasteiger partial charge in [0, 0.05) is 11.1 Å². The highest BCUT2D eigenvalue weighted by Gasteiger charge is 2.18. The SMILES string of the molecule is NC(=O)c1ccc(C#CCN2CCC(Cc3ccccc3)CC2)cc1. The normalized spacial score (nSPS) is 15.4. The first kappa shape index (κ1) is 17.3. The molecule has 0 spiro atoms. The molecule has 3 nitrogen and oxygen atoms in total. The molecule has 3 heteroatoms. The van der Waals surface area contributed by atoms with Gasteiger partial charge in [-0.25, -0.2) is 0 Å². The molecule has 0 bridgehead atoms. The van der Waals surface area contributed by atoms with Crippen molar-refractivity contribution in [2.24, 2.45) is 11.7 Å². The fourth-order valence-corrected chi connectivity index (χ4v) is 3.27. The molecule has 0 radical (unpaired) electrons. The lowest BCUT2D eigenvalue weighted by Crippen LogP contribution is -2.34. The lowest BCUT2D eigenvalue weighted by Gasteiger charge is -2.30. The maximum absolute atomic E-state index is 11.1. The van der Waals surface area contributed by atoms with Crippen molar-refractivity contribution in [2.45, 2.75) is 19.3 Å². The number of likely N-dealkylation sites (tertiary alicyclic amines) is 1. The molecule has 2 aromatic carbocycles. The molecule has 1 aliphatic heterocycles. The topological polar surface area (TPSA) is 46.3 Å². The number of hydrogen-bond acceptors (Lipinski definition) is 2. The number of hydrogen-bond donors (Lipinski definition) is 1. The highest BCUT2D eigenvalue weighted by Crippen LogP contribution is 2.21. The van der Waals surface area contributed by atoms with Crippen LogP contribution in [0.1, 0.15) is 34.3 Å². The number of rotatable bonds is 4. The van der Waals surface area contributed by atoms with E-state index in [4.69, 9.17) is 5.73 Å². The molecule has 1 amide bonds. The Morgan fingerprint density at radius 1 is 1.04 bits per heavy atom. The summed E-state index contributed by atoms with van der Waals surface area (Å²) in [4.78, 5) is 13.5. The molecule has 25 heavy (non-hydrogen) atoms. The molecule has 2 aromatic rings. The van der Waals surface area contributed by atoms with Crippen molar-refractivity contribution < 1.29 is 4.79 Å². The van der Waals surface area contributed by atoms with Crippen molar-refractivity contribution >= 4 is 5.91 Å². The van der Waals surface area contributed by atoms with Gasteiger partial charge in [0.2, 0.25) is 5.91 Å². The van der Waals surface area contributed by atoms with Crippen molar-refractivity contribution in [1.82, 2.24) is 4.90 Å². The average Bonchev–Trinajstić information content (AvgIpc) is 2.64. The maximum Gasteiger partial charge on any atom is 0.248 e. The van der Waals surface area contributed by atoms with Crippen LogP contribution < -0.4 is 5.73 Å². The summed E-state index contributed by atoms with van der Waals surface area (Å²) in [6.45, 7) is 3.04. The quantitative estimate of drug-likeness (QED) is 0.875. The zero-order valence-corrected chi connectivity index (χ0v) is 14.4. The molecule has 1 saturated heterocycles. The van der Waals surface area contributed by atoms with Crippen LogP contribution in [0.4, 0.5) is 0 Å². The number of amides is 1. The van der Waals surface area contributed by atoms with Gasteiger partial charge in [-0.1, -0.05) is 42.2 Å². The summed E-state index contributed by atoms with van der Waals surface area (Å²) < 4.78 is 0. The molecule has 0 aromatic heterocycles. The molecule has 0 unspecified atom stereocenters. The minimum Gasteiger partial charge on any atom is -0.366 e. The molecule has 128 valence electrons. The highest BCUT2D eigenvalue weighted by molar-refractivity contribution is 5.92. The summed E-state index contributed by atoms with van der Waals surface area (Å²) in [6.07, 6.45) is 3.67. The Kier molecular flexibility index (Phi) is 5.87. The van der Waals surface area contributed by atoms with Crippen LogP contribution in [0.25, 0.3) is 0 Å². The molecule has 1 aliphatic rings. The van der Waals surface area contributed by atoms with Crippen LogP contribution in [0.2, 0.25) is 0 Å². The van der Waals surface area contributed by atoms with Crippen LogP contribution >= 0.6 is 0 Å². The van der Waals surface area contributed by atoms with Gasteiger partial charge in [0.1, 0.15) is 0 Å². The number of nitrogens with two attached hydrogens (primary N) is 1. The predicted octanol–water partition coefficient (Wildman–Crippen LogP) is 3.09. The maximum atomic E-state index is 11.1. The molecule has 1 fully saturated rings. The van der Waals surface area contributed by atoms with Crippen molar-refractivity contribution in [3.63, 3.8) is 0 Å². The molecule has 1 heterocycles. The van der Waals surface area contributed by atoms with E-state index in [0.29, 0.717) is 5.56 Å². The fourth-order valence-electron chi connectivity index (χ4n) is 3.27. The van der Waals surface area contributed by atoms with E-state index in [1.54, 1.807) is 12.1 Å². The minimum absolute atomic E-state index is 0.405. The second-order valence-corrected chi connectivity index (χ2v) is 6.65. The zero-order chi connectivity index (χ0) is 17.5. The van der Waals surface area contributed by atoms with Crippen molar-refractivity contribution in [3.05, 3.63) is 71.3 Å². The monoisotopic (exact) mass is 332 g/mol. The molecule has 0 aliphatic carbocycles. The van der Waals surface area contributed by atoms with Crippen molar-refractivity contribution in [2.75, 3.05) is 19.6 Å². The van der Waals surface area contributed by atoms with Gasteiger partial charge in [-0.15, -0.1) is 0 Å². The van der Waals surface area contributed by atoms with Gasteiger partial charge in [0.25, 0.3) is 0 Å². The summed E-state index contributed by atoms with van der Waals surface area (Å²) in [5, 5.41) is 0. The number of piperidine rings is 1. The summed E-state index contributed by atoms with van der Waals surface area (Å²) in [5.74, 6) is 6.79. The van der Waals surface area contributed by atoms with Gasteiger partial charge in [-0.2, -0.15) is 0 Å².